The molecule has 3 N–H and O–H groups in total. The minimum atomic E-state index is -0.580. The number of carbonyl (C=O) groups excluding carboxylic acids is 1. The molecule has 0 atom stereocenters. The van der Waals surface area contributed by atoms with Crippen LogP contribution in [0.25, 0.3) is 11.1 Å². The molecule has 0 unspecified atom stereocenters. The fourth-order valence-corrected chi connectivity index (χ4v) is 3.67. The van der Waals surface area contributed by atoms with Gasteiger partial charge in [-0.2, -0.15) is 0 Å². The van der Waals surface area contributed by atoms with Crippen LogP contribution in [-0.4, -0.2) is 24.2 Å². The van der Waals surface area contributed by atoms with E-state index in [9.17, 15) is 14.9 Å². The van der Waals surface area contributed by atoms with Crippen molar-refractivity contribution >= 4 is 17.5 Å². The van der Waals surface area contributed by atoms with Crippen molar-refractivity contribution in [2.75, 3.05) is 18.9 Å². The summed E-state index contributed by atoms with van der Waals surface area (Å²) in [6, 6.07) is 20.3. The van der Waals surface area contributed by atoms with E-state index in [1.54, 1.807) is 0 Å². The third-order valence-corrected chi connectivity index (χ3v) is 5.14. The van der Waals surface area contributed by atoms with Gasteiger partial charge in [0.15, 0.2) is 0 Å². The number of alkyl carbamates (subject to hydrolysis) is 1. The lowest BCUT2D eigenvalue weighted by Crippen LogP contribution is -2.26. The molecule has 0 aliphatic heterocycles. The topological polar surface area (TPSA) is 107 Å². The van der Waals surface area contributed by atoms with Crippen LogP contribution >= 0.6 is 0 Å². The molecule has 7 heteroatoms. The Hall–Kier alpha value is -4.31. The molecule has 154 valence electrons. The molecule has 0 spiro atoms. The fourth-order valence-electron chi connectivity index (χ4n) is 3.67. The average molecular weight is 413 g/mol. The first-order valence-corrected chi connectivity index (χ1v) is 9.66. The number of rotatable bonds is 4. The number of non-ortho nitro benzene ring substituents is 1. The number of nitro benzene ring substituents is 1. The summed E-state index contributed by atoms with van der Waals surface area (Å²) in [6.45, 7) is 0.240. The van der Waals surface area contributed by atoms with E-state index in [4.69, 9.17) is 10.5 Å². The number of nitro groups is 1. The van der Waals surface area contributed by atoms with Crippen molar-refractivity contribution in [3.63, 3.8) is 0 Å². The Morgan fingerprint density at radius 2 is 1.71 bits per heavy atom. The first kappa shape index (κ1) is 20.0. The Labute approximate surface area is 179 Å². The Kier molecular flexibility index (Phi) is 5.54. The zero-order valence-electron chi connectivity index (χ0n) is 16.5. The van der Waals surface area contributed by atoms with E-state index in [1.807, 2.05) is 24.3 Å². The van der Waals surface area contributed by atoms with Crippen LogP contribution in [0.5, 0.6) is 0 Å². The monoisotopic (exact) mass is 413 g/mol. The van der Waals surface area contributed by atoms with Gasteiger partial charge >= 0.3 is 6.09 Å². The Morgan fingerprint density at radius 3 is 2.35 bits per heavy atom. The average Bonchev–Trinajstić information content (AvgIpc) is 3.10. The zero-order valence-corrected chi connectivity index (χ0v) is 16.5. The number of hydrogen-bond acceptors (Lipinski definition) is 5. The number of amides is 1. The van der Waals surface area contributed by atoms with Crippen LogP contribution in [0.15, 0.2) is 66.7 Å². The first-order valence-electron chi connectivity index (χ1n) is 9.66. The lowest BCUT2D eigenvalue weighted by atomic mass is 9.98. The third kappa shape index (κ3) is 4.19. The first-order chi connectivity index (χ1) is 15.0. The van der Waals surface area contributed by atoms with Crippen molar-refractivity contribution in [2.45, 2.75) is 5.92 Å². The van der Waals surface area contributed by atoms with E-state index >= 15 is 0 Å². The molecule has 4 rings (SSSR count). The summed E-state index contributed by atoms with van der Waals surface area (Å²) in [7, 11) is 0. The maximum atomic E-state index is 12.1. The predicted molar refractivity (Wildman–Crippen MR) is 117 cm³/mol. The molecular weight excluding hydrogens is 394 g/mol. The van der Waals surface area contributed by atoms with Gasteiger partial charge in [0.2, 0.25) is 0 Å². The fraction of sp³-hybridized carbons (Fsp3) is 0.125. The highest BCUT2D eigenvalue weighted by Crippen LogP contribution is 2.44. The maximum Gasteiger partial charge on any atom is 0.407 e. The van der Waals surface area contributed by atoms with Gasteiger partial charge in [-0.3, -0.25) is 10.1 Å². The van der Waals surface area contributed by atoms with Gasteiger partial charge in [0, 0.05) is 23.7 Å². The Morgan fingerprint density at radius 1 is 1.06 bits per heavy atom. The number of nitrogens with one attached hydrogen (secondary N) is 1. The lowest BCUT2D eigenvalue weighted by Gasteiger charge is -2.14. The van der Waals surface area contributed by atoms with Gasteiger partial charge in [0.1, 0.15) is 6.61 Å². The molecule has 0 aromatic heterocycles. The second kappa shape index (κ2) is 8.59. The summed E-state index contributed by atoms with van der Waals surface area (Å²) >= 11 is 0. The smallest absolute Gasteiger partial charge is 0.407 e. The van der Waals surface area contributed by atoms with Crippen molar-refractivity contribution in [3.05, 3.63) is 93.5 Å². The highest BCUT2D eigenvalue weighted by molar-refractivity contribution is 5.79. The SMILES string of the molecule is Nc1ccc([N+](=O)[O-])cc1C#CCNC(=O)OCC1c2ccccc2-c2ccccc21. The molecule has 7 nitrogen and oxygen atoms in total. The zero-order chi connectivity index (χ0) is 21.8. The van der Waals surface area contributed by atoms with Crippen LogP contribution in [0.3, 0.4) is 0 Å². The van der Waals surface area contributed by atoms with E-state index < -0.39 is 11.0 Å². The van der Waals surface area contributed by atoms with Crippen molar-refractivity contribution in [3.8, 4) is 23.0 Å². The second-order valence-electron chi connectivity index (χ2n) is 7.01. The van der Waals surface area contributed by atoms with E-state index in [1.165, 1.54) is 18.2 Å². The van der Waals surface area contributed by atoms with Gasteiger partial charge in [-0.25, -0.2) is 4.79 Å². The molecular formula is C24H19N3O4. The van der Waals surface area contributed by atoms with E-state index in [0.29, 0.717) is 11.3 Å². The summed E-state index contributed by atoms with van der Waals surface area (Å²) in [4.78, 5) is 22.5. The van der Waals surface area contributed by atoms with Crippen LogP contribution < -0.4 is 11.1 Å². The van der Waals surface area contributed by atoms with Crippen LogP contribution in [-0.2, 0) is 4.74 Å². The summed E-state index contributed by atoms with van der Waals surface area (Å²) in [5, 5.41) is 13.4. The maximum absolute atomic E-state index is 12.1. The molecule has 0 saturated heterocycles. The van der Waals surface area contributed by atoms with Crippen LogP contribution in [0.4, 0.5) is 16.2 Å². The van der Waals surface area contributed by atoms with Gasteiger partial charge in [0.05, 0.1) is 17.0 Å². The number of nitrogens with zero attached hydrogens (tertiary/aromatic N) is 1. The number of nitrogen functional groups attached to an aromatic ring is 1. The summed E-state index contributed by atoms with van der Waals surface area (Å²) in [5.41, 5.74) is 11.0. The third-order valence-electron chi connectivity index (χ3n) is 5.14. The lowest BCUT2D eigenvalue weighted by molar-refractivity contribution is -0.384. The normalized spacial score (nSPS) is 11.6. The molecule has 3 aromatic rings. The van der Waals surface area contributed by atoms with E-state index in [-0.39, 0.29) is 24.8 Å². The molecule has 1 aliphatic carbocycles. The second-order valence-corrected chi connectivity index (χ2v) is 7.01. The molecule has 0 saturated carbocycles. The molecule has 1 amide bonds. The highest BCUT2D eigenvalue weighted by Gasteiger charge is 2.28. The number of anilines is 1. The predicted octanol–water partition coefficient (Wildman–Crippen LogP) is 4.07. The Bertz CT molecular complexity index is 1180. The number of benzene rings is 3. The van der Waals surface area contributed by atoms with Crippen LogP contribution in [0.2, 0.25) is 0 Å². The summed E-state index contributed by atoms with van der Waals surface area (Å²) in [6.07, 6.45) is -0.580. The minimum Gasteiger partial charge on any atom is -0.449 e. The van der Waals surface area contributed by atoms with Gasteiger partial charge in [-0.05, 0) is 28.3 Å². The van der Waals surface area contributed by atoms with Gasteiger partial charge < -0.3 is 15.8 Å². The van der Waals surface area contributed by atoms with Gasteiger partial charge in [0.25, 0.3) is 5.69 Å². The van der Waals surface area contributed by atoms with Crippen molar-refractivity contribution < 1.29 is 14.5 Å². The number of nitrogens with two attached hydrogens (primary N) is 1. The summed E-state index contributed by atoms with van der Waals surface area (Å²) < 4.78 is 5.43. The van der Waals surface area contributed by atoms with Gasteiger partial charge in [-0.1, -0.05) is 60.4 Å². The number of fused-ring (bicyclic) bond motifs is 3. The molecule has 3 aromatic carbocycles. The number of carbonyl (C=O) groups is 1. The molecule has 0 fully saturated rings. The highest BCUT2D eigenvalue weighted by atomic mass is 16.6. The largest absolute Gasteiger partial charge is 0.449 e. The van der Waals surface area contributed by atoms with Crippen molar-refractivity contribution in [2.24, 2.45) is 0 Å². The van der Waals surface area contributed by atoms with E-state index in [0.717, 1.165) is 22.3 Å². The summed E-state index contributed by atoms with van der Waals surface area (Å²) in [5.74, 6) is 5.45. The molecule has 0 radical (unpaired) electrons. The van der Waals surface area contributed by atoms with Crippen LogP contribution in [0.1, 0.15) is 22.6 Å². The van der Waals surface area contributed by atoms with Crippen molar-refractivity contribution in [1.29, 1.82) is 0 Å². The minimum absolute atomic E-state index is 0.0195. The quantitative estimate of drug-likeness (QED) is 0.290. The van der Waals surface area contributed by atoms with Crippen molar-refractivity contribution in [1.82, 2.24) is 5.32 Å². The van der Waals surface area contributed by atoms with E-state index in [2.05, 4.69) is 41.4 Å². The van der Waals surface area contributed by atoms with Crippen LogP contribution in [0, 0.1) is 22.0 Å². The Balaban J connectivity index is 1.36. The molecule has 1 aliphatic rings. The number of hydrogen-bond donors (Lipinski definition) is 2. The molecule has 0 bridgehead atoms. The standard InChI is InChI=1S/C24H19N3O4/c25-23-12-11-17(27(29)30)14-16(23)6-5-13-26-24(28)31-15-22-20-9-3-1-7-18(20)19-8-2-4-10-21(19)22/h1-4,7-12,14,22H,13,15,25H2,(H,26,28). The number of ether oxygens (including phenoxy) is 1. The van der Waals surface area contributed by atoms with Gasteiger partial charge in [-0.15, -0.1) is 0 Å². The molecule has 31 heavy (non-hydrogen) atoms. The molecule has 0 heterocycles.